The Kier molecular flexibility index (Phi) is 4.64. The maximum absolute atomic E-state index is 9.42. The summed E-state index contributed by atoms with van der Waals surface area (Å²) in [7, 11) is 0. The molecular formula is C51H34O. The van der Waals surface area contributed by atoms with E-state index < -0.39 is 29.6 Å². The molecule has 0 amide bonds. The standard InChI is InChI=1S/C51H34O/c1-51(2)44-18-10-9-13-37(44)38-26-23-35(30-45(38)51)49-41-16-7-5-14-39(41)48(40-15-6-8-17-42(40)49)33-21-19-31(20-22-33)34-25-27-46-43(29-34)50-36-12-4-3-11-32(36)24-28-47(50)52-46/h3-30H,1-2H3/i5D,6D,7D,8D,14D,15D,16D,17D. The van der Waals surface area contributed by atoms with Gasteiger partial charge in [-0.25, -0.2) is 0 Å². The molecule has 1 heterocycles. The van der Waals surface area contributed by atoms with E-state index in [1.165, 1.54) is 5.56 Å². The van der Waals surface area contributed by atoms with Crippen LogP contribution in [0.15, 0.2) is 174 Å². The molecule has 52 heavy (non-hydrogen) atoms. The van der Waals surface area contributed by atoms with E-state index in [4.69, 9.17) is 9.90 Å². The number of furan rings is 1. The fourth-order valence-corrected chi connectivity index (χ4v) is 8.62. The number of rotatable bonds is 3. The van der Waals surface area contributed by atoms with Crippen molar-refractivity contribution in [1.29, 1.82) is 0 Å². The van der Waals surface area contributed by atoms with Gasteiger partial charge in [0.2, 0.25) is 0 Å². The molecule has 1 aliphatic rings. The molecule has 0 spiro atoms. The van der Waals surface area contributed by atoms with Crippen LogP contribution in [0.2, 0.25) is 0 Å². The van der Waals surface area contributed by atoms with E-state index in [1.807, 2.05) is 84.9 Å². The molecule has 1 aliphatic carbocycles. The second-order valence-corrected chi connectivity index (χ2v) is 14.2. The van der Waals surface area contributed by atoms with Crippen LogP contribution >= 0.6 is 0 Å². The van der Waals surface area contributed by atoms with Crippen LogP contribution in [0.5, 0.6) is 0 Å². The normalized spacial score (nSPS) is 15.5. The number of fused-ring (bicyclic) bond motifs is 10. The second-order valence-electron chi connectivity index (χ2n) is 14.2. The Labute approximate surface area is 313 Å². The Bertz CT molecular complexity index is 3470. The summed E-state index contributed by atoms with van der Waals surface area (Å²) in [5.41, 5.74) is 9.24. The largest absolute Gasteiger partial charge is 0.456 e. The van der Waals surface area contributed by atoms with Gasteiger partial charge in [-0.3, -0.25) is 0 Å². The summed E-state index contributed by atoms with van der Waals surface area (Å²) in [6, 6.07) is 37.4. The molecule has 0 radical (unpaired) electrons. The molecule has 11 rings (SSSR count). The molecule has 0 atom stereocenters. The maximum Gasteiger partial charge on any atom is 0.136 e. The van der Waals surface area contributed by atoms with Crippen molar-refractivity contribution in [2.24, 2.45) is 0 Å². The number of hydrogen-bond acceptors (Lipinski definition) is 1. The van der Waals surface area contributed by atoms with Crippen LogP contribution < -0.4 is 0 Å². The van der Waals surface area contributed by atoms with Crippen LogP contribution in [0.1, 0.15) is 35.9 Å². The van der Waals surface area contributed by atoms with Gasteiger partial charge in [0.05, 0.1) is 11.0 Å². The first-order chi connectivity index (χ1) is 28.9. The molecule has 9 aromatic carbocycles. The van der Waals surface area contributed by atoms with E-state index in [-0.39, 0.29) is 45.7 Å². The summed E-state index contributed by atoms with van der Waals surface area (Å²) in [6.07, 6.45) is 0. The molecule has 1 heteroatoms. The van der Waals surface area contributed by atoms with Crippen molar-refractivity contribution in [3.05, 3.63) is 181 Å². The van der Waals surface area contributed by atoms with E-state index >= 15 is 0 Å². The fraction of sp³-hybridized carbons (Fsp3) is 0.0588. The minimum Gasteiger partial charge on any atom is -0.456 e. The zero-order valence-corrected chi connectivity index (χ0v) is 28.5. The number of hydrogen-bond donors (Lipinski definition) is 0. The zero-order valence-electron chi connectivity index (χ0n) is 36.5. The van der Waals surface area contributed by atoms with Gasteiger partial charge in [0, 0.05) is 16.2 Å². The van der Waals surface area contributed by atoms with Crippen molar-refractivity contribution >= 4 is 54.3 Å². The van der Waals surface area contributed by atoms with Gasteiger partial charge in [0.25, 0.3) is 0 Å². The molecule has 0 bridgehead atoms. The van der Waals surface area contributed by atoms with Gasteiger partial charge in [-0.05, 0) is 112 Å². The highest BCUT2D eigenvalue weighted by molar-refractivity contribution is 6.22. The molecule has 244 valence electrons. The average molecular weight is 671 g/mol. The minimum atomic E-state index is -0.421. The van der Waals surface area contributed by atoms with Crippen LogP contribution in [0.3, 0.4) is 0 Å². The monoisotopic (exact) mass is 670 g/mol. The first kappa shape index (κ1) is 22.4. The van der Waals surface area contributed by atoms with Crippen molar-refractivity contribution in [1.82, 2.24) is 0 Å². The Morgan fingerprint density at radius 2 is 1.02 bits per heavy atom. The topological polar surface area (TPSA) is 13.1 Å². The molecular weight excluding hydrogens is 629 g/mol. The lowest BCUT2D eigenvalue weighted by Gasteiger charge is -2.23. The molecule has 0 fully saturated rings. The lowest BCUT2D eigenvalue weighted by Crippen LogP contribution is -2.14. The predicted octanol–water partition coefficient (Wildman–Crippen LogP) is 14.4. The summed E-state index contributed by atoms with van der Waals surface area (Å²) in [5, 5.41) is 5.05. The summed E-state index contributed by atoms with van der Waals surface area (Å²) in [6.45, 7) is 4.31. The van der Waals surface area contributed by atoms with E-state index in [0.717, 1.165) is 60.5 Å². The summed E-state index contributed by atoms with van der Waals surface area (Å²) in [5.74, 6) is 0. The van der Waals surface area contributed by atoms with Gasteiger partial charge in [0.1, 0.15) is 11.2 Å². The SMILES string of the molecule is [2H]c1c([2H])c([2H])c2c(-c3ccc4c(c3)C(C)(C)c3ccccc3-4)c3c([2H])c([2H])c([2H])c([2H])c3c(-c3ccc(-c4ccc5oc6ccc7ccccc7c6c5c4)cc3)c2c1[2H]. The van der Waals surface area contributed by atoms with Gasteiger partial charge >= 0.3 is 0 Å². The van der Waals surface area contributed by atoms with Crippen LogP contribution in [-0.2, 0) is 5.41 Å². The molecule has 10 aromatic rings. The highest BCUT2D eigenvalue weighted by Gasteiger charge is 2.35. The molecule has 0 N–H and O–H groups in total. The molecule has 0 aliphatic heterocycles. The van der Waals surface area contributed by atoms with Crippen LogP contribution in [0.4, 0.5) is 0 Å². The first-order valence-electron chi connectivity index (χ1n) is 21.5. The van der Waals surface area contributed by atoms with Gasteiger partial charge in [-0.1, -0.05) is 159 Å². The van der Waals surface area contributed by atoms with Gasteiger partial charge < -0.3 is 4.42 Å². The Balaban J connectivity index is 1.18. The van der Waals surface area contributed by atoms with Crippen LogP contribution in [-0.4, -0.2) is 0 Å². The van der Waals surface area contributed by atoms with E-state index in [0.29, 0.717) is 22.3 Å². The molecule has 0 saturated carbocycles. The van der Waals surface area contributed by atoms with Crippen molar-refractivity contribution in [3.8, 4) is 44.5 Å². The Morgan fingerprint density at radius 1 is 0.442 bits per heavy atom. The Morgan fingerprint density at radius 3 is 1.77 bits per heavy atom. The number of benzene rings is 9. The predicted molar refractivity (Wildman–Crippen MR) is 220 cm³/mol. The first-order valence-corrected chi connectivity index (χ1v) is 17.5. The van der Waals surface area contributed by atoms with E-state index in [2.05, 4.69) is 50.2 Å². The zero-order chi connectivity index (χ0) is 41.5. The van der Waals surface area contributed by atoms with E-state index in [9.17, 15) is 5.48 Å². The highest BCUT2D eigenvalue weighted by atomic mass is 16.3. The van der Waals surface area contributed by atoms with Gasteiger partial charge in [0.15, 0.2) is 0 Å². The molecule has 0 saturated heterocycles. The fourth-order valence-electron chi connectivity index (χ4n) is 8.62. The maximum atomic E-state index is 9.42. The lowest BCUT2D eigenvalue weighted by atomic mass is 9.80. The third kappa shape index (κ3) is 4.11. The summed E-state index contributed by atoms with van der Waals surface area (Å²) in [4.78, 5) is 0. The third-order valence-corrected chi connectivity index (χ3v) is 11.1. The van der Waals surface area contributed by atoms with Crippen molar-refractivity contribution < 1.29 is 15.4 Å². The summed E-state index contributed by atoms with van der Waals surface area (Å²) < 4.78 is 79.4. The van der Waals surface area contributed by atoms with E-state index in [1.54, 1.807) is 0 Å². The van der Waals surface area contributed by atoms with Crippen molar-refractivity contribution in [2.75, 3.05) is 0 Å². The molecule has 1 aromatic heterocycles. The van der Waals surface area contributed by atoms with Crippen LogP contribution in [0.25, 0.3) is 98.8 Å². The molecule has 0 unspecified atom stereocenters. The molecule has 1 nitrogen and oxygen atoms in total. The lowest BCUT2D eigenvalue weighted by molar-refractivity contribution is 0.660. The third-order valence-electron chi connectivity index (χ3n) is 11.1. The van der Waals surface area contributed by atoms with Gasteiger partial charge in [-0.2, -0.15) is 0 Å². The summed E-state index contributed by atoms with van der Waals surface area (Å²) >= 11 is 0. The minimum absolute atomic E-state index is 0.197. The average Bonchev–Trinajstić information content (AvgIpc) is 3.76. The quantitative estimate of drug-likeness (QED) is 0.171. The Hall–Kier alpha value is -6.44. The van der Waals surface area contributed by atoms with Crippen molar-refractivity contribution in [3.63, 3.8) is 0 Å². The van der Waals surface area contributed by atoms with Crippen LogP contribution in [0, 0.1) is 0 Å². The van der Waals surface area contributed by atoms with Gasteiger partial charge in [-0.15, -0.1) is 0 Å². The van der Waals surface area contributed by atoms with Crippen molar-refractivity contribution in [2.45, 2.75) is 19.3 Å². The highest BCUT2D eigenvalue weighted by Crippen LogP contribution is 2.51. The second kappa shape index (κ2) is 10.8. The smallest absolute Gasteiger partial charge is 0.136 e.